The zero-order valence-electron chi connectivity index (χ0n) is 11.4. The van der Waals surface area contributed by atoms with E-state index in [1.165, 1.54) is 18.2 Å². The Bertz CT molecular complexity index is 702. The van der Waals surface area contributed by atoms with Crippen molar-refractivity contribution < 1.29 is 9.72 Å². The van der Waals surface area contributed by atoms with Gasteiger partial charge in [-0.3, -0.25) is 14.9 Å². The number of anilines is 1. The smallest absolute Gasteiger partial charge is 0.271 e. The number of hydrogen-bond acceptors (Lipinski definition) is 3. The maximum absolute atomic E-state index is 11.9. The number of nitrogens with zero attached hydrogens (tertiary/aromatic N) is 1. The molecule has 0 saturated carbocycles. The average molecular weight is 339 g/mol. The minimum Gasteiger partial charge on any atom is -0.325 e. The van der Waals surface area contributed by atoms with E-state index in [1.54, 1.807) is 12.1 Å². The maximum Gasteiger partial charge on any atom is 0.271 e. The van der Waals surface area contributed by atoms with Gasteiger partial charge in [0.15, 0.2) is 0 Å². The van der Waals surface area contributed by atoms with Crippen LogP contribution in [0, 0.1) is 10.1 Å². The minimum absolute atomic E-state index is 0.127. The summed E-state index contributed by atoms with van der Waals surface area (Å²) in [4.78, 5) is 22.1. The van der Waals surface area contributed by atoms with E-state index in [0.717, 1.165) is 5.56 Å². The predicted octanol–water partition coefficient (Wildman–Crippen LogP) is 4.47. The van der Waals surface area contributed by atoms with Crippen molar-refractivity contribution in [1.29, 1.82) is 0 Å². The Morgan fingerprint density at radius 2 is 1.82 bits per heavy atom. The van der Waals surface area contributed by atoms with Crippen LogP contribution in [-0.4, -0.2) is 10.8 Å². The molecule has 0 spiro atoms. The molecule has 2 aromatic carbocycles. The van der Waals surface area contributed by atoms with Crippen LogP contribution in [0.3, 0.4) is 0 Å². The van der Waals surface area contributed by atoms with Crippen LogP contribution in [0.1, 0.15) is 12.0 Å². The second-order valence-corrected chi connectivity index (χ2v) is 5.44. The topological polar surface area (TPSA) is 72.2 Å². The lowest BCUT2D eigenvalue weighted by atomic mass is 10.1. The molecule has 2 aromatic rings. The van der Waals surface area contributed by atoms with Gasteiger partial charge in [0.1, 0.15) is 0 Å². The molecule has 0 bridgehead atoms. The van der Waals surface area contributed by atoms with Crippen LogP contribution in [0.4, 0.5) is 11.4 Å². The van der Waals surface area contributed by atoms with E-state index in [4.69, 9.17) is 23.2 Å². The van der Waals surface area contributed by atoms with E-state index in [0.29, 0.717) is 11.4 Å². The molecule has 7 heteroatoms. The highest BCUT2D eigenvalue weighted by atomic mass is 35.5. The molecular weight excluding hydrogens is 327 g/mol. The Morgan fingerprint density at radius 3 is 2.45 bits per heavy atom. The number of aryl methyl sites for hydroxylation is 1. The van der Waals surface area contributed by atoms with Crippen molar-refractivity contribution in [2.24, 2.45) is 0 Å². The lowest BCUT2D eigenvalue weighted by Gasteiger charge is -2.07. The SMILES string of the molecule is O=C(CCc1ccc(Cl)cc1)Nc1cc([N+](=O)[O-])ccc1Cl. The molecule has 22 heavy (non-hydrogen) atoms. The highest BCUT2D eigenvalue weighted by molar-refractivity contribution is 6.33. The molecule has 0 heterocycles. The molecular formula is C15H12Cl2N2O3. The Hall–Kier alpha value is -2.11. The number of nitrogens with one attached hydrogen (secondary N) is 1. The van der Waals surface area contributed by atoms with Crippen LogP contribution < -0.4 is 5.32 Å². The molecule has 0 aliphatic rings. The molecule has 0 aliphatic carbocycles. The van der Waals surface area contributed by atoms with Gasteiger partial charge in [-0.25, -0.2) is 0 Å². The Kier molecular flexibility index (Phi) is 5.35. The van der Waals surface area contributed by atoms with Crippen molar-refractivity contribution in [3.63, 3.8) is 0 Å². The van der Waals surface area contributed by atoms with Crippen LogP contribution in [0.15, 0.2) is 42.5 Å². The number of hydrogen-bond donors (Lipinski definition) is 1. The monoisotopic (exact) mass is 338 g/mol. The van der Waals surface area contributed by atoms with Gasteiger partial charge in [0.25, 0.3) is 5.69 Å². The third-order valence-corrected chi connectivity index (χ3v) is 3.57. The maximum atomic E-state index is 11.9. The van der Waals surface area contributed by atoms with Gasteiger partial charge >= 0.3 is 0 Å². The van der Waals surface area contributed by atoms with Crippen molar-refractivity contribution in [1.82, 2.24) is 0 Å². The van der Waals surface area contributed by atoms with Crippen LogP contribution in [-0.2, 0) is 11.2 Å². The molecule has 5 nitrogen and oxygen atoms in total. The third-order valence-electron chi connectivity index (χ3n) is 2.99. The van der Waals surface area contributed by atoms with Gasteiger partial charge in [-0.05, 0) is 30.2 Å². The number of benzene rings is 2. The second-order valence-electron chi connectivity index (χ2n) is 4.60. The minimum atomic E-state index is -0.542. The van der Waals surface area contributed by atoms with Crippen molar-refractivity contribution in [3.05, 3.63) is 68.2 Å². The van der Waals surface area contributed by atoms with Gasteiger partial charge in [0, 0.05) is 23.6 Å². The van der Waals surface area contributed by atoms with Crippen LogP contribution >= 0.6 is 23.2 Å². The first-order chi connectivity index (χ1) is 10.5. The Balaban J connectivity index is 1.98. The third kappa shape index (κ3) is 4.44. The molecule has 0 radical (unpaired) electrons. The molecule has 0 saturated heterocycles. The summed E-state index contributed by atoms with van der Waals surface area (Å²) >= 11 is 11.7. The average Bonchev–Trinajstić information content (AvgIpc) is 2.48. The van der Waals surface area contributed by atoms with E-state index in [2.05, 4.69) is 5.32 Å². The highest BCUT2D eigenvalue weighted by Gasteiger charge is 2.12. The number of nitro groups is 1. The fraction of sp³-hybridized carbons (Fsp3) is 0.133. The van der Waals surface area contributed by atoms with E-state index in [9.17, 15) is 14.9 Å². The molecule has 0 aliphatic heterocycles. The molecule has 2 rings (SSSR count). The van der Waals surface area contributed by atoms with Crippen molar-refractivity contribution in [2.45, 2.75) is 12.8 Å². The van der Waals surface area contributed by atoms with Crippen molar-refractivity contribution in [2.75, 3.05) is 5.32 Å². The second kappa shape index (κ2) is 7.24. The molecule has 1 N–H and O–H groups in total. The largest absolute Gasteiger partial charge is 0.325 e. The number of rotatable bonds is 5. The first-order valence-corrected chi connectivity index (χ1v) is 7.19. The zero-order valence-corrected chi connectivity index (χ0v) is 12.9. The number of halogens is 2. The Morgan fingerprint density at radius 1 is 1.14 bits per heavy atom. The molecule has 0 aromatic heterocycles. The standard InChI is InChI=1S/C15H12Cl2N2O3/c16-11-4-1-10(2-5-11)3-8-15(20)18-14-9-12(19(21)22)6-7-13(14)17/h1-2,4-7,9H,3,8H2,(H,18,20). The fourth-order valence-corrected chi connectivity index (χ4v) is 2.14. The quantitative estimate of drug-likeness (QED) is 0.645. The normalized spacial score (nSPS) is 10.3. The first kappa shape index (κ1) is 16.3. The molecule has 114 valence electrons. The summed E-state index contributed by atoms with van der Waals surface area (Å²) in [7, 11) is 0. The van der Waals surface area contributed by atoms with Gasteiger partial charge < -0.3 is 5.32 Å². The number of carbonyl (C=O) groups is 1. The molecule has 1 amide bonds. The zero-order chi connectivity index (χ0) is 16.1. The summed E-state index contributed by atoms with van der Waals surface area (Å²) < 4.78 is 0. The van der Waals surface area contributed by atoms with Crippen LogP contribution in [0.25, 0.3) is 0 Å². The summed E-state index contributed by atoms with van der Waals surface area (Å²) in [5.74, 6) is -0.266. The van der Waals surface area contributed by atoms with E-state index in [1.807, 2.05) is 12.1 Å². The molecule has 0 atom stereocenters. The summed E-state index contributed by atoms with van der Waals surface area (Å²) in [6.45, 7) is 0. The molecule has 0 fully saturated rings. The van der Waals surface area contributed by atoms with Gasteiger partial charge in [0.05, 0.1) is 15.6 Å². The highest BCUT2D eigenvalue weighted by Crippen LogP contribution is 2.26. The first-order valence-electron chi connectivity index (χ1n) is 6.44. The van der Waals surface area contributed by atoms with Crippen LogP contribution in [0.5, 0.6) is 0 Å². The Labute approximate surface area is 137 Å². The summed E-state index contributed by atoms with van der Waals surface area (Å²) in [6, 6.07) is 11.1. The number of nitro benzene ring substituents is 1. The van der Waals surface area contributed by atoms with Gasteiger partial charge in [-0.1, -0.05) is 35.3 Å². The molecule has 0 unspecified atom stereocenters. The fourth-order valence-electron chi connectivity index (χ4n) is 1.84. The van der Waals surface area contributed by atoms with Gasteiger partial charge in [-0.15, -0.1) is 0 Å². The number of non-ortho nitro benzene ring substituents is 1. The van der Waals surface area contributed by atoms with Gasteiger partial charge in [-0.2, -0.15) is 0 Å². The summed E-state index contributed by atoms with van der Waals surface area (Å²) in [6.07, 6.45) is 0.774. The summed E-state index contributed by atoms with van der Waals surface area (Å²) in [5.41, 5.74) is 1.08. The predicted molar refractivity (Wildman–Crippen MR) is 86.5 cm³/mol. The van der Waals surface area contributed by atoms with Crippen molar-refractivity contribution in [3.8, 4) is 0 Å². The van der Waals surface area contributed by atoms with Gasteiger partial charge in [0.2, 0.25) is 5.91 Å². The van der Waals surface area contributed by atoms with Crippen molar-refractivity contribution >= 4 is 40.5 Å². The lowest BCUT2D eigenvalue weighted by Crippen LogP contribution is -2.12. The number of carbonyl (C=O) groups excluding carboxylic acids is 1. The number of amides is 1. The van der Waals surface area contributed by atoms with E-state index >= 15 is 0 Å². The summed E-state index contributed by atoms with van der Waals surface area (Å²) in [5, 5.41) is 14.2. The lowest BCUT2D eigenvalue weighted by molar-refractivity contribution is -0.384. The van der Waals surface area contributed by atoms with E-state index in [-0.39, 0.29) is 28.7 Å². The van der Waals surface area contributed by atoms with E-state index < -0.39 is 4.92 Å². The van der Waals surface area contributed by atoms with Crippen LogP contribution in [0.2, 0.25) is 10.0 Å².